The zero-order valence-electron chi connectivity index (χ0n) is 21.9. The SMILES string of the molecule is COc1c(Nc2cc(C)[nH]n2)nc(Sc2ccc(C#Cc3cccc([N+](=O)[O-])c3F)cc2F)nc1N1CCOCC1. The van der Waals surface area contributed by atoms with E-state index >= 15 is 4.39 Å². The van der Waals surface area contributed by atoms with E-state index in [9.17, 15) is 14.5 Å². The lowest BCUT2D eigenvalue weighted by Crippen LogP contribution is -2.37. The van der Waals surface area contributed by atoms with Crippen molar-refractivity contribution < 1.29 is 23.2 Å². The minimum Gasteiger partial charge on any atom is -0.490 e. The molecule has 5 rings (SSSR count). The van der Waals surface area contributed by atoms with E-state index in [1.54, 1.807) is 6.07 Å². The summed E-state index contributed by atoms with van der Waals surface area (Å²) in [5.41, 5.74) is 0.273. The molecule has 210 valence electrons. The molecule has 1 fully saturated rings. The maximum absolute atomic E-state index is 15.2. The van der Waals surface area contributed by atoms with Crippen LogP contribution in [-0.4, -0.2) is 58.5 Å². The summed E-state index contributed by atoms with van der Waals surface area (Å²) >= 11 is 1.01. The van der Waals surface area contributed by atoms with Crippen LogP contribution in [-0.2, 0) is 4.74 Å². The molecule has 0 amide bonds. The molecule has 0 bridgehead atoms. The highest BCUT2D eigenvalue weighted by Gasteiger charge is 2.24. The van der Waals surface area contributed by atoms with Crippen LogP contribution in [0.2, 0.25) is 0 Å². The predicted octanol–water partition coefficient (Wildman–Crippen LogP) is 4.83. The van der Waals surface area contributed by atoms with E-state index in [0.717, 1.165) is 23.5 Å². The molecule has 0 spiro atoms. The number of methoxy groups -OCH3 is 1. The van der Waals surface area contributed by atoms with Gasteiger partial charge in [-0.3, -0.25) is 15.2 Å². The van der Waals surface area contributed by atoms with E-state index < -0.39 is 22.2 Å². The van der Waals surface area contributed by atoms with Crippen LogP contribution in [0.3, 0.4) is 0 Å². The zero-order valence-corrected chi connectivity index (χ0v) is 22.7. The highest BCUT2D eigenvalue weighted by molar-refractivity contribution is 7.99. The summed E-state index contributed by atoms with van der Waals surface area (Å²) in [5, 5.41) is 21.4. The van der Waals surface area contributed by atoms with Crippen LogP contribution in [0, 0.1) is 40.5 Å². The number of nitro groups is 1. The molecular weight excluding hydrogens is 556 g/mol. The Bertz CT molecular complexity index is 1670. The number of nitrogens with zero attached hydrogens (tertiary/aromatic N) is 5. The number of hydrogen-bond acceptors (Lipinski definition) is 10. The van der Waals surface area contributed by atoms with E-state index in [1.165, 1.54) is 31.4 Å². The van der Waals surface area contributed by atoms with Crippen molar-refractivity contribution in [1.29, 1.82) is 0 Å². The van der Waals surface area contributed by atoms with E-state index in [0.29, 0.717) is 49.5 Å². The quantitative estimate of drug-likeness (QED) is 0.136. The summed E-state index contributed by atoms with van der Waals surface area (Å²) in [6, 6.07) is 9.78. The Labute approximate surface area is 237 Å². The van der Waals surface area contributed by atoms with Gasteiger partial charge in [0, 0.05) is 36.5 Å². The molecule has 2 aromatic carbocycles. The normalized spacial score (nSPS) is 12.9. The molecule has 0 unspecified atom stereocenters. The van der Waals surface area contributed by atoms with Gasteiger partial charge in [0.05, 0.1) is 35.7 Å². The van der Waals surface area contributed by atoms with E-state index in [1.807, 2.05) is 17.9 Å². The first-order valence-electron chi connectivity index (χ1n) is 12.3. The highest BCUT2D eigenvalue weighted by atomic mass is 32.2. The van der Waals surface area contributed by atoms with E-state index in [-0.39, 0.29) is 21.2 Å². The number of ether oxygens (including phenoxy) is 2. The van der Waals surface area contributed by atoms with Gasteiger partial charge < -0.3 is 19.7 Å². The van der Waals surface area contributed by atoms with Crippen molar-refractivity contribution in [2.24, 2.45) is 0 Å². The molecule has 11 nitrogen and oxygen atoms in total. The molecule has 0 aliphatic carbocycles. The summed E-state index contributed by atoms with van der Waals surface area (Å²) < 4.78 is 40.7. The maximum Gasteiger partial charge on any atom is 0.306 e. The van der Waals surface area contributed by atoms with Crippen LogP contribution >= 0.6 is 11.8 Å². The summed E-state index contributed by atoms with van der Waals surface area (Å²) in [7, 11) is 1.52. The number of H-pyrrole nitrogens is 1. The largest absolute Gasteiger partial charge is 0.490 e. The summed E-state index contributed by atoms with van der Waals surface area (Å²) in [4.78, 5) is 21.7. The fraction of sp³-hybridized carbons (Fsp3) is 0.222. The fourth-order valence-corrected chi connectivity index (χ4v) is 4.74. The van der Waals surface area contributed by atoms with Gasteiger partial charge in [-0.2, -0.15) is 9.49 Å². The molecule has 3 heterocycles. The predicted molar refractivity (Wildman–Crippen MR) is 148 cm³/mol. The van der Waals surface area contributed by atoms with Gasteiger partial charge in [0.2, 0.25) is 11.6 Å². The van der Waals surface area contributed by atoms with Crippen LogP contribution in [0.1, 0.15) is 16.8 Å². The second-order valence-electron chi connectivity index (χ2n) is 8.77. The third kappa shape index (κ3) is 6.37. The van der Waals surface area contributed by atoms with Crippen molar-refractivity contribution in [2.75, 3.05) is 43.6 Å². The lowest BCUT2D eigenvalue weighted by atomic mass is 10.1. The minimum atomic E-state index is -1.04. The first-order chi connectivity index (χ1) is 19.8. The molecule has 0 atom stereocenters. The van der Waals surface area contributed by atoms with Gasteiger partial charge in [-0.15, -0.1) is 0 Å². The van der Waals surface area contributed by atoms with E-state index in [4.69, 9.17) is 9.47 Å². The number of nitrogens with one attached hydrogen (secondary N) is 2. The monoisotopic (exact) mass is 579 g/mol. The molecule has 2 N–H and O–H groups in total. The van der Waals surface area contributed by atoms with Crippen LogP contribution in [0.4, 0.5) is 31.9 Å². The molecule has 2 aromatic heterocycles. The topological polar surface area (TPSA) is 131 Å². The number of anilines is 3. The Morgan fingerprint density at radius 3 is 2.66 bits per heavy atom. The van der Waals surface area contributed by atoms with Crippen LogP contribution in [0.5, 0.6) is 5.75 Å². The number of aromatic nitrogens is 4. The van der Waals surface area contributed by atoms with Crippen molar-refractivity contribution in [3.05, 3.63) is 81.0 Å². The summed E-state index contributed by atoms with van der Waals surface area (Å²) in [5.74, 6) is 5.39. The van der Waals surface area contributed by atoms with Gasteiger partial charge in [0.1, 0.15) is 5.82 Å². The van der Waals surface area contributed by atoms with Crippen molar-refractivity contribution in [3.63, 3.8) is 0 Å². The number of hydrogen-bond donors (Lipinski definition) is 2. The zero-order chi connectivity index (χ0) is 28.9. The number of halogens is 2. The summed E-state index contributed by atoms with van der Waals surface area (Å²) in [6.45, 7) is 4.09. The third-order valence-electron chi connectivity index (χ3n) is 5.94. The average Bonchev–Trinajstić information content (AvgIpc) is 3.38. The lowest BCUT2D eigenvalue weighted by Gasteiger charge is -2.29. The fourth-order valence-electron chi connectivity index (χ4n) is 3.99. The van der Waals surface area contributed by atoms with Gasteiger partial charge in [0.15, 0.2) is 22.6 Å². The van der Waals surface area contributed by atoms with Gasteiger partial charge in [-0.1, -0.05) is 17.9 Å². The first kappa shape index (κ1) is 27.8. The van der Waals surface area contributed by atoms with Crippen LogP contribution < -0.4 is 15.0 Å². The smallest absolute Gasteiger partial charge is 0.306 e. The van der Waals surface area contributed by atoms with Crippen LogP contribution in [0.25, 0.3) is 0 Å². The van der Waals surface area contributed by atoms with Crippen molar-refractivity contribution in [2.45, 2.75) is 17.0 Å². The molecular formula is C27H23F2N7O4S. The minimum absolute atomic E-state index is 0.160. The van der Waals surface area contributed by atoms with Gasteiger partial charge in [-0.05, 0) is 43.0 Å². The molecule has 0 saturated carbocycles. The molecule has 1 saturated heterocycles. The first-order valence-corrected chi connectivity index (χ1v) is 13.1. The van der Waals surface area contributed by atoms with Gasteiger partial charge in [-0.25, -0.2) is 14.4 Å². The van der Waals surface area contributed by atoms with E-state index in [2.05, 4.69) is 37.3 Å². The molecule has 1 aliphatic rings. The standard InChI is InChI=1S/C27H23F2N7O4S/c1-16-14-22(34-33-16)30-25-24(39-2)26(35-10-12-40-13-11-35)32-27(31-25)41-21-9-7-17(15-19(21)28)6-8-18-4-3-5-20(23(18)29)36(37)38/h3-5,7,9,14-15H,10-13H2,1-2H3,(H2,30,31,32,33,34). The number of aryl methyl sites for hydroxylation is 1. The second-order valence-corrected chi connectivity index (χ2v) is 9.77. The molecule has 41 heavy (non-hydrogen) atoms. The third-order valence-corrected chi connectivity index (χ3v) is 6.86. The molecule has 1 aliphatic heterocycles. The molecule has 4 aromatic rings. The number of benzene rings is 2. The number of rotatable bonds is 7. The van der Waals surface area contributed by atoms with Crippen molar-refractivity contribution in [3.8, 4) is 17.6 Å². The second kappa shape index (κ2) is 12.2. The number of morpholine rings is 1. The Morgan fingerprint density at radius 1 is 1.17 bits per heavy atom. The van der Waals surface area contributed by atoms with Gasteiger partial charge in [0.25, 0.3) is 0 Å². The van der Waals surface area contributed by atoms with Crippen molar-refractivity contribution in [1.82, 2.24) is 20.2 Å². The number of nitro benzene ring substituents is 1. The van der Waals surface area contributed by atoms with Crippen LogP contribution in [0.15, 0.2) is 52.5 Å². The molecule has 0 radical (unpaired) electrons. The Balaban J connectivity index is 1.45. The number of aromatic amines is 1. The average molecular weight is 580 g/mol. The lowest BCUT2D eigenvalue weighted by molar-refractivity contribution is -0.387. The highest BCUT2D eigenvalue weighted by Crippen LogP contribution is 2.38. The summed E-state index contributed by atoms with van der Waals surface area (Å²) in [6.07, 6.45) is 0. The van der Waals surface area contributed by atoms with Crippen molar-refractivity contribution >= 4 is 34.9 Å². The van der Waals surface area contributed by atoms with Gasteiger partial charge >= 0.3 is 5.69 Å². The Morgan fingerprint density at radius 2 is 1.98 bits per heavy atom. The molecule has 14 heteroatoms. The Kier molecular flexibility index (Phi) is 8.27. The Hall–Kier alpha value is -4.74. The maximum atomic E-state index is 15.2.